The summed E-state index contributed by atoms with van der Waals surface area (Å²) in [6.07, 6.45) is 1.30. The Morgan fingerprint density at radius 2 is 1.73 bits per heavy atom. The van der Waals surface area contributed by atoms with E-state index in [0.717, 1.165) is 32.7 Å². The van der Waals surface area contributed by atoms with E-state index in [4.69, 9.17) is 4.55 Å². The molecule has 124 valence electrons. The number of nitrogens with zero attached hydrogens (tertiary/aromatic N) is 2. The van der Waals surface area contributed by atoms with Gasteiger partial charge in [0.25, 0.3) is 10.1 Å². The van der Waals surface area contributed by atoms with Gasteiger partial charge in [0.05, 0.1) is 12.4 Å². The van der Waals surface area contributed by atoms with E-state index in [1.54, 1.807) is 0 Å². The largest absolute Gasteiger partial charge is 0.357 e. The lowest BCUT2D eigenvalue weighted by Gasteiger charge is -2.24. The van der Waals surface area contributed by atoms with Gasteiger partial charge in [0, 0.05) is 18.8 Å². The minimum atomic E-state index is -3.82. The molecule has 0 atom stereocenters. The Morgan fingerprint density at radius 3 is 2.32 bits per heavy atom. The Balaban J connectivity index is 1.88. The smallest absolute Gasteiger partial charge is 0.264 e. The van der Waals surface area contributed by atoms with E-state index in [1.165, 1.54) is 22.4 Å². The van der Waals surface area contributed by atoms with Crippen LogP contribution in [0.15, 0.2) is 12.1 Å². The van der Waals surface area contributed by atoms with Crippen molar-refractivity contribution in [2.45, 2.75) is 33.6 Å². The Kier molecular flexibility index (Phi) is 5.47. The predicted octanol–water partition coefficient (Wildman–Crippen LogP) is 2.36. The van der Waals surface area contributed by atoms with Gasteiger partial charge in [-0.2, -0.15) is 8.42 Å². The molecule has 1 aliphatic heterocycles. The second-order valence-electron chi connectivity index (χ2n) is 6.26. The SMILES string of the molecule is Cc1cc(C)c(N2CCN(CCCCS(=O)(=O)O)C2)c(C)c1. The highest BCUT2D eigenvalue weighted by Crippen LogP contribution is 2.28. The summed E-state index contributed by atoms with van der Waals surface area (Å²) in [5.74, 6) is -0.138. The summed E-state index contributed by atoms with van der Waals surface area (Å²) in [7, 11) is -3.82. The third-order valence-corrected chi connectivity index (χ3v) is 4.94. The normalized spacial score (nSPS) is 16.5. The highest BCUT2D eigenvalue weighted by Gasteiger charge is 2.22. The van der Waals surface area contributed by atoms with Crippen LogP contribution in [0.1, 0.15) is 29.5 Å². The first-order valence-electron chi connectivity index (χ1n) is 7.76. The van der Waals surface area contributed by atoms with Gasteiger partial charge in [-0.25, -0.2) is 0 Å². The number of hydrogen-bond acceptors (Lipinski definition) is 4. The van der Waals surface area contributed by atoms with Gasteiger partial charge in [0.2, 0.25) is 0 Å². The summed E-state index contributed by atoms with van der Waals surface area (Å²) in [5.41, 5.74) is 5.24. The van der Waals surface area contributed by atoms with Gasteiger partial charge in [-0.3, -0.25) is 9.45 Å². The molecule has 1 aromatic carbocycles. The van der Waals surface area contributed by atoms with E-state index < -0.39 is 10.1 Å². The quantitative estimate of drug-likeness (QED) is 0.642. The molecule has 0 saturated carbocycles. The van der Waals surface area contributed by atoms with Crippen molar-refractivity contribution in [1.29, 1.82) is 0 Å². The maximum absolute atomic E-state index is 10.7. The topological polar surface area (TPSA) is 60.9 Å². The molecule has 0 unspecified atom stereocenters. The molecule has 1 aliphatic rings. The van der Waals surface area contributed by atoms with Crippen LogP contribution >= 0.6 is 0 Å². The zero-order chi connectivity index (χ0) is 16.3. The molecule has 22 heavy (non-hydrogen) atoms. The van der Waals surface area contributed by atoms with Gasteiger partial charge in [-0.1, -0.05) is 17.7 Å². The summed E-state index contributed by atoms with van der Waals surface area (Å²) in [6, 6.07) is 4.44. The van der Waals surface area contributed by atoms with Crippen molar-refractivity contribution in [1.82, 2.24) is 4.90 Å². The maximum atomic E-state index is 10.7. The van der Waals surface area contributed by atoms with Crippen molar-refractivity contribution in [3.8, 4) is 0 Å². The molecule has 1 N–H and O–H groups in total. The molecule has 6 heteroatoms. The Bertz CT molecular complexity index is 605. The average molecular weight is 326 g/mol. The molecule has 1 fully saturated rings. The van der Waals surface area contributed by atoms with Gasteiger partial charge in [0.15, 0.2) is 0 Å². The molecule has 5 nitrogen and oxygen atoms in total. The zero-order valence-electron chi connectivity index (χ0n) is 13.7. The van der Waals surface area contributed by atoms with Crippen molar-refractivity contribution in [3.05, 3.63) is 28.8 Å². The molecule has 0 aromatic heterocycles. The number of hydrogen-bond donors (Lipinski definition) is 1. The summed E-state index contributed by atoms with van der Waals surface area (Å²) >= 11 is 0. The summed E-state index contributed by atoms with van der Waals surface area (Å²) in [6.45, 7) is 10.2. The lowest BCUT2D eigenvalue weighted by atomic mass is 10.0. The van der Waals surface area contributed by atoms with Crippen LogP contribution in [0.5, 0.6) is 0 Å². The van der Waals surface area contributed by atoms with Gasteiger partial charge < -0.3 is 4.90 Å². The first-order valence-corrected chi connectivity index (χ1v) is 9.37. The Labute approximate surface area is 133 Å². The molecule has 0 radical (unpaired) electrons. The second kappa shape index (κ2) is 6.98. The molecule has 2 rings (SSSR count). The minimum Gasteiger partial charge on any atom is -0.357 e. The van der Waals surface area contributed by atoms with Crippen molar-refractivity contribution in [2.24, 2.45) is 0 Å². The summed E-state index contributed by atoms with van der Waals surface area (Å²) in [4.78, 5) is 4.73. The van der Waals surface area contributed by atoms with Crippen LogP contribution in [0.4, 0.5) is 5.69 Å². The maximum Gasteiger partial charge on any atom is 0.264 e. The third kappa shape index (κ3) is 4.69. The lowest BCUT2D eigenvalue weighted by molar-refractivity contribution is 0.334. The van der Waals surface area contributed by atoms with Gasteiger partial charge >= 0.3 is 0 Å². The standard InChI is InChI=1S/C16H26N2O3S/c1-13-10-14(2)16(15(3)11-13)18-8-7-17(12-18)6-4-5-9-22(19,20)21/h10-11H,4-9,12H2,1-3H3,(H,19,20,21). The first kappa shape index (κ1) is 17.2. The van der Waals surface area contributed by atoms with E-state index in [2.05, 4.69) is 42.7 Å². The first-order chi connectivity index (χ1) is 10.3. The average Bonchev–Trinajstić information content (AvgIpc) is 2.81. The number of aryl methyl sites for hydroxylation is 3. The molecule has 0 bridgehead atoms. The highest BCUT2D eigenvalue weighted by atomic mass is 32.2. The molecular weight excluding hydrogens is 300 g/mol. The molecule has 0 amide bonds. The highest BCUT2D eigenvalue weighted by molar-refractivity contribution is 7.85. The lowest BCUT2D eigenvalue weighted by Crippen LogP contribution is -2.27. The number of rotatable bonds is 6. The minimum absolute atomic E-state index is 0.138. The number of benzene rings is 1. The van der Waals surface area contributed by atoms with E-state index in [1.807, 2.05) is 0 Å². The molecular formula is C16H26N2O3S. The van der Waals surface area contributed by atoms with Crippen molar-refractivity contribution < 1.29 is 13.0 Å². The third-order valence-electron chi connectivity index (χ3n) is 4.14. The van der Waals surface area contributed by atoms with Crippen LogP contribution in [0.2, 0.25) is 0 Å². The molecule has 1 saturated heterocycles. The van der Waals surface area contributed by atoms with Gasteiger partial charge in [-0.05, 0) is 51.3 Å². The molecule has 0 aliphatic carbocycles. The fourth-order valence-electron chi connectivity index (χ4n) is 3.30. The van der Waals surface area contributed by atoms with Crippen LogP contribution in [0, 0.1) is 20.8 Å². The van der Waals surface area contributed by atoms with Crippen LogP contribution in [-0.4, -0.2) is 49.9 Å². The summed E-state index contributed by atoms with van der Waals surface area (Å²) < 4.78 is 30.1. The van der Waals surface area contributed by atoms with E-state index in [-0.39, 0.29) is 5.75 Å². The Hall–Kier alpha value is -1.11. The number of anilines is 1. The predicted molar refractivity (Wildman–Crippen MR) is 90.1 cm³/mol. The van der Waals surface area contributed by atoms with E-state index in [9.17, 15) is 8.42 Å². The molecule has 1 heterocycles. The van der Waals surface area contributed by atoms with E-state index in [0.29, 0.717) is 6.42 Å². The summed E-state index contributed by atoms with van der Waals surface area (Å²) in [5, 5.41) is 0. The molecule has 0 spiro atoms. The fraction of sp³-hybridized carbons (Fsp3) is 0.625. The van der Waals surface area contributed by atoms with Crippen molar-refractivity contribution >= 4 is 15.8 Å². The second-order valence-corrected chi connectivity index (χ2v) is 7.84. The number of unbranched alkanes of at least 4 members (excludes halogenated alkanes) is 1. The molecule has 1 aromatic rings. The van der Waals surface area contributed by atoms with Crippen LogP contribution in [-0.2, 0) is 10.1 Å². The Morgan fingerprint density at radius 1 is 1.09 bits per heavy atom. The van der Waals surface area contributed by atoms with Crippen molar-refractivity contribution in [2.75, 3.05) is 37.0 Å². The fourth-order valence-corrected chi connectivity index (χ4v) is 3.87. The van der Waals surface area contributed by atoms with Crippen molar-refractivity contribution in [3.63, 3.8) is 0 Å². The van der Waals surface area contributed by atoms with Crippen LogP contribution in [0.25, 0.3) is 0 Å². The van der Waals surface area contributed by atoms with Crippen LogP contribution in [0.3, 0.4) is 0 Å². The zero-order valence-corrected chi connectivity index (χ0v) is 14.5. The monoisotopic (exact) mass is 326 g/mol. The van der Waals surface area contributed by atoms with Gasteiger partial charge in [-0.15, -0.1) is 0 Å². The van der Waals surface area contributed by atoms with E-state index >= 15 is 0 Å². The van der Waals surface area contributed by atoms with Gasteiger partial charge in [0.1, 0.15) is 0 Å². The van der Waals surface area contributed by atoms with Crippen LogP contribution < -0.4 is 4.90 Å².